The molecule has 0 aliphatic rings. The summed E-state index contributed by atoms with van der Waals surface area (Å²) in [6, 6.07) is -0.232. The molecular formula is C25H50N2O3. The van der Waals surface area contributed by atoms with Crippen molar-refractivity contribution in [2.24, 2.45) is 21.7 Å². The maximum absolute atomic E-state index is 13.3. The lowest BCUT2D eigenvalue weighted by Crippen LogP contribution is -2.57. The van der Waals surface area contributed by atoms with E-state index in [-0.39, 0.29) is 40.8 Å². The second-order valence-corrected chi connectivity index (χ2v) is 12.9. The molecule has 0 bridgehead atoms. The zero-order valence-corrected chi connectivity index (χ0v) is 22.4. The summed E-state index contributed by atoms with van der Waals surface area (Å²) in [4.78, 5) is 29.8. The summed E-state index contributed by atoms with van der Waals surface area (Å²) in [5, 5.41) is 9.86. The summed E-state index contributed by atoms with van der Waals surface area (Å²) in [7, 11) is 3.68. The van der Waals surface area contributed by atoms with E-state index in [1.54, 1.807) is 11.9 Å². The molecule has 0 aromatic rings. The van der Waals surface area contributed by atoms with Gasteiger partial charge in [-0.05, 0) is 37.5 Å². The van der Waals surface area contributed by atoms with Gasteiger partial charge in [-0.15, -0.1) is 0 Å². The maximum Gasteiger partial charge on any atom is 0.228 e. The number of hydrogen-bond donors (Lipinski definition) is 1. The quantitative estimate of drug-likeness (QED) is 0.596. The molecular weight excluding hydrogens is 376 g/mol. The summed E-state index contributed by atoms with van der Waals surface area (Å²) in [5.74, 6) is 0.163. The molecule has 1 N–H and O–H groups in total. The number of likely N-dealkylation sites (N-methyl/N-ethyl adjacent to an activating group) is 1. The Balaban J connectivity index is 5.52. The van der Waals surface area contributed by atoms with Crippen LogP contribution < -0.4 is 0 Å². The van der Waals surface area contributed by atoms with Crippen LogP contribution in [0.25, 0.3) is 0 Å². The fourth-order valence-electron chi connectivity index (χ4n) is 3.85. The van der Waals surface area contributed by atoms with E-state index < -0.39 is 10.8 Å². The van der Waals surface area contributed by atoms with Crippen LogP contribution in [0, 0.1) is 21.7 Å². The van der Waals surface area contributed by atoms with Crippen LogP contribution in [0.15, 0.2) is 0 Å². The van der Waals surface area contributed by atoms with Gasteiger partial charge in [-0.1, -0.05) is 69.2 Å². The minimum atomic E-state index is -0.562. The van der Waals surface area contributed by atoms with E-state index in [0.29, 0.717) is 6.42 Å². The lowest BCUT2D eigenvalue weighted by molar-refractivity contribution is -0.150. The number of carbonyl (C=O) groups is 2. The lowest BCUT2D eigenvalue weighted by atomic mass is 9.67. The predicted octanol–water partition coefficient (Wildman–Crippen LogP) is 4.97. The Bertz CT molecular complexity index is 607. The number of nitrogens with zero attached hydrogens (tertiary/aromatic N) is 2. The van der Waals surface area contributed by atoms with E-state index in [0.717, 1.165) is 6.42 Å². The topological polar surface area (TPSA) is 60.9 Å². The Labute approximate surface area is 186 Å². The van der Waals surface area contributed by atoms with Crippen molar-refractivity contribution in [3.05, 3.63) is 0 Å². The molecule has 0 rings (SSSR count). The van der Waals surface area contributed by atoms with E-state index in [9.17, 15) is 14.7 Å². The van der Waals surface area contributed by atoms with Gasteiger partial charge in [0.1, 0.15) is 0 Å². The molecule has 0 heterocycles. The molecule has 0 aliphatic carbocycles. The Morgan fingerprint density at radius 3 is 1.53 bits per heavy atom. The second kappa shape index (κ2) is 9.18. The third-order valence-electron chi connectivity index (χ3n) is 7.36. The van der Waals surface area contributed by atoms with E-state index >= 15 is 0 Å². The zero-order valence-electron chi connectivity index (χ0n) is 22.4. The first-order chi connectivity index (χ1) is 13.0. The molecule has 0 aliphatic heterocycles. The summed E-state index contributed by atoms with van der Waals surface area (Å²) in [6.07, 6.45) is 1.50. The fraction of sp³-hybridized carbons (Fsp3) is 0.920. The average molecular weight is 427 g/mol. The van der Waals surface area contributed by atoms with Crippen LogP contribution in [0.4, 0.5) is 0 Å². The van der Waals surface area contributed by atoms with Crippen molar-refractivity contribution >= 4 is 11.8 Å². The van der Waals surface area contributed by atoms with Gasteiger partial charge in [0.25, 0.3) is 0 Å². The van der Waals surface area contributed by atoms with Crippen LogP contribution in [0.5, 0.6) is 0 Å². The lowest BCUT2D eigenvalue weighted by Gasteiger charge is -2.50. The summed E-state index contributed by atoms with van der Waals surface area (Å²) in [5.41, 5.74) is -1.77. The molecule has 0 aromatic heterocycles. The Hall–Kier alpha value is -1.10. The van der Waals surface area contributed by atoms with Crippen molar-refractivity contribution in [3.63, 3.8) is 0 Å². The second-order valence-electron chi connectivity index (χ2n) is 12.9. The SMILES string of the molecule is CN(C(=O)C(C)(C)CCC(C)(C)C(C)(C)N(C)C(=O)C(C)(C)C)[C@@H](CO)C(C)(C)C. The third kappa shape index (κ3) is 6.45. The number of carbonyl (C=O) groups excluding carboxylic acids is 2. The first-order valence-corrected chi connectivity index (χ1v) is 11.2. The highest BCUT2D eigenvalue weighted by Gasteiger charge is 2.46. The monoisotopic (exact) mass is 426 g/mol. The molecule has 5 nitrogen and oxygen atoms in total. The Morgan fingerprint density at radius 1 is 0.767 bits per heavy atom. The molecule has 1 atom stereocenters. The highest BCUT2D eigenvalue weighted by atomic mass is 16.3. The van der Waals surface area contributed by atoms with Crippen LogP contribution in [-0.2, 0) is 9.59 Å². The number of rotatable bonds is 8. The molecule has 0 saturated carbocycles. The van der Waals surface area contributed by atoms with Crippen LogP contribution in [0.1, 0.15) is 95.9 Å². The van der Waals surface area contributed by atoms with Crippen molar-refractivity contribution in [1.29, 1.82) is 0 Å². The predicted molar refractivity (Wildman–Crippen MR) is 126 cm³/mol. The average Bonchev–Trinajstić information content (AvgIpc) is 2.56. The van der Waals surface area contributed by atoms with Crippen LogP contribution in [-0.4, -0.2) is 59.0 Å². The molecule has 0 saturated heterocycles. The molecule has 5 heteroatoms. The van der Waals surface area contributed by atoms with Gasteiger partial charge in [-0.2, -0.15) is 0 Å². The highest BCUT2D eigenvalue weighted by molar-refractivity contribution is 5.82. The van der Waals surface area contributed by atoms with Crippen molar-refractivity contribution in [1.82, 2.24) is 9.80 Å². The smallest absolute Gasteiger partial charge is 0.228 e. The summed E-state index contributed by atoms with van der Waals surface area (Å²) < 4.78 is 0. The van der Waals surface area contributed by atoms with Gasteiger partial charge in [-0.25, -0.2) is 0 Å². The Morgan fingerprint density at radius 2 is 1.20 bits per heavy atom. The van der Waals surface area contributed by atoms with Crippen LogP contribution >= 0.6 is 0 Å². The van der Waals surface area contributed by atoms with Gasteiger partial charge in [0.2, 0.25) is 11.8 Å². The minimum absolute atomic E-state index is 0.0456. The van der Waals surface area contributed by atoms with Gasteiger partial charge in [-0.3, -0.25) is 9.59 Å². The standard InChI is InChI=1S/C25H50N2O3/c1-21(2,3)18(17-28)26(13)20(30)23(7,8)15-16-24(9,10)25(11,12)27(14)19(29)22(4,5)6/h18,28H,15-17H2,1-14H3/t18-/m0/s1. The first kappa shape index (κ1) is 28.9. The minimum Gasteiger partial charge on any atom is -0.394 e. The van der Waals surface area contributed by atoms with Gasteiger partial charge >= 0.3 is 0 Å². The van der Waals surface area contributed by atoms with Gasteiger partial charge in [0.15, 0.2) is 0 Å². The largest absolute Gasteiger partial charge is 0.394 e. The van der Waals surface area contributed by atoms with Crippen molar-refractivity contribution in [3.8, 4) is 0 Å². The molecule has 0 unspecified atom stereocenters. The normalized spacial score (nSPS) is 15.0. The van der Waals surface area contributed by atoms with Gasteiger partial charge < -0.3 is 14.9 Å². The van der Waals surface area contributed by atoms with Crippen LogP contribution in [0.2, 0.25) is 0 Å². The van der Waals surface area contributed by atoms with Crippen molar-refractivity contribution in [2.45, 2.75) is 108 Å². The summed E-state index contributed by atoms with van der Waals surface area (Å²) >= 11 is 0. The molecule has 0 radical (unpaired) electrons. The van der Waals surface area contributed by atoms with Crippen molar-refractivity contribution in [2.75, 3.05) is 20.7 Å². The molecule has 0 spiro atoms. The number of amides is 2. The van der Waals surface area contributed by atoms with E-state index in [2.05, 4.69) is 27.7 Å². The highest BCUT2D eigenvalue weighted by Crippen LogP contribution is 2.43. The molecule has 178 valence electrons. The number of aliphatic hydroxyl groups excluding tert-OH is 1. The first-order valence-electron chi connectivity index (χ1n) is 11.2. The van der Waals surface area contributed by atoms with E-state index in [1.165, 1.54) is 0 Å². The number of aliphatic hydroxyl groups is 1. The molecule has 0 fully saturated rings. The van der Waals surface area contributed by atoms with E-state index in [1.807, 2.05) is 67.3 Å². The van der Waals surface area contributed by atoms with Gasteiger partial charge in [0, 0.05) is 30.5 Å². The zero-order chi connectivity index (χ0) is 24.5. The molecule has 2 amide bonds. The Kier molecular flexibility index (Phi) is 8.84. The summed E-state index contributed by atoms with van der Waals surface area (Å²) in [6.45, 7) is 24.4. The fourth-order valence-corrected chi connectivity index (χ4v) is 3.85. The number of hydrogen-bond acceptors (Lipinski definition) is 3. The van der Waals surface area contributed by atoms with E-state index in [4.69, 9.17) is 0 Å². The maximum atomic E-state index is 13.3. The van der Waals surface area contributed by atoms with Gasteiger partial charge in [0.05, 0.1) is 12.6 Å². The third-order valence-corrected chi connectivity index (χ3v) is 7.36. The molecule has 0 aromatic carbocycles. The van der Waals surface area contributed by atoms with Crippen molar-refractivity contribution < 1.29 is 14.7 Å². The molecule has 30 heavy (non-hydrogen) atoms. The van der Waals surface area contributed by atoms with Crippen LogP contribution in [0.3, 0.4) is 0 Å².